The minimum Gasteiger partial charge on any atom is -0.324 e. The zero-order chi connectivity index (χ0) is 13.0. The molecule has 2 heteroatoms. The van der Waals surface area contributed by atoms with Gasteiger partial charge in [-0.25, -0.2) is 0 Å². The van der Waals surface area contributed by atoms with E-state index in [4.69, 9.17) is 5.73 Å². The minimum absolute atomic E-state index is 0.111. The lowest BCUT2D eigenvalue weighted by molar-refractivity contribution is 0.817. The van der Waals surface area contributed by atoms with Crippen LogP contribution in [-0.4, -0.2) is 0 Å². The fourth-order valence-electron chi connectivity index (χ4n) is 1.80. The lowest BCUT2D eigenvalue weighted by Crippen LogP contribution is -2.04. The Morgan fingerprint density at radius 2 is 1.72 bits per heavy atom. The summed E-state index contributed by atoms with van der Waals surface area (Å²) in [5.74, 6) is 1.02. The molecule has 94 valence electrons. The molecular weight excluding hydrogens is 238 g/mol. The second-order valence-corrected chi connectivity index (χ2v) is 5.62. The van der Waals surface area contributed by atoms with Gasteiger partial charge in [-0.1, -0.05) is 36.4 Å². The van der Waals surface area contributed by atoms with E-state index >= 15 is 0 Å². The van der Waals surface area contributed by atoms with Crippen molar-refractivity contribution in [2.24, 2.45) is 5.73 Å². The van der Waals surface area contributed by atoms with Gasteiger partial charge in [-0.15, -0.1) is 11.8 Å². The average molecular weight is 257 g/mol. The Morgan fingerprint density at radius 1 is 1.06 bits per heavy atom. The van der Waals surface area contributed by atoms with Crippen LogP contribution < -0.4 is 5.73 Å². The predicted molar refractivity (Wildman–Crippen MR) is 79.8 cm³/mol. The van der Waals surface area contributed by atoms with Crippen LogP contribution in [0, 0.1) is 6.92 Å². The molecule has 2 N–H and O–H groups in total. The van der Waals surface area contributed by atoms with E-state index in [2.05, 4.69) is 55.5 Å². The first-order valence-corrected chi connectivity index (χ1v) is 7.18. The Kier molecular flexibility index (Phi) is 4.45. The van der Waals surface area contributed by atoms with E-state index in [0.717, 1.165) is 5.75 Å². The molecule has 0 aliphatic rings. The summed E-state index contributed by atoms with van der Waals surface area (Å²) in [5, 5.41) is 0. The fourth-order valence-corrected chi connectivity index (χ4v) is 2.78. The monoisotopic (exact) mass is 257 g/mol. The molecule has 2 aromatic carbocycles. The summed E-state index contributed by atoms with van der Waals surface area (Å²) in [4.78, 5) is 1.29. The number of thioether (sulfide) groups is 1. The van der Waals surface area contributed by atoms with Crippen molar-refractivity contribution in [2.75, 3.05) is 0 Å². The van der Waals surface area contributed by atoms with E-state index in [0.29, 0.717) is 0 Å². The number of benzene rings is 2. The molecule has 1 atom stereocenters. The van der Waals surface area contributed by atoms with Gasteiger partial charge in [0.1, 0.15) is 0 Å². The molecule has 0 aliphatic heterocycles. The summed E-state index contributed by atoms with van der Waals surface area (Å²) in [6, 6.07) is 17.2. The molecule has 0 spiro atoms. The second kappa shape index (κ2) is 6.07. The standard InChI is InChI=1S/C16H19NS/c1-12-5-3-4-6-15(12)11-18-16-9-7-14(8-10-16)13(2)17/h3-10,13H,11,17H2,1-2H3/t13-/m0/s1. The van der Waals surface area contributed by atoms with Gasteiger partial charge in [0.15, 0.2) is 0 Å². The molecule has 2 rings (SSSR count). The van der Waals surface area contributed by atoms with E-state index in [9.17, 15) is 0 Å². The van der Waals surface area contributed by atoms with Crippen molar-refractivity contribution in [1.82, 2.24) is 0 Å². The summed E-state index contributed by atoms with van der Waals surface area (Å²) in [6.45, 7) is 4.17. The van der Waals surface area contributed by atoms with E-state index in [-0.39, 0.29) is 6.04 Å². The molecule has 0 aromatic heterocycles. The lowest BCUT2D eigenvalue weighted by atomic mass is 10.1. The van der Waals surface area contributed by atoms with Crippen molar-refractivity contribution >= 4 is 11.8 Å². The quantitative estimate of drug-likeness (QED) is 0.826. The summed E-state index contributed by atoms with van der Waals surface area (Å²) < 4.78 is 0. The Bertz CT molecular complexity index is 503. The third-order valence-corrected chi connectivity index (χ3v) is 4.12. The summed E-state index contributed by atoms with van der Waals surface area (Å²) in [7, 11) is 0. The molecule has 0 heterocycles. The van der Waals surface area contributed by atoms with Crippen molar-refractivity contribution in [3.8, 4) is 0 Å². The molecule has 0 saturated carbocycles. The van der Waals surface area contributed by atoms with Gasteiger partial charge in [0.2, 0.25) is 0 Å². The van der Waals surface area contributed by atoms with Crippen LogP contribution in [0.3, 0.4) is 0 Å². The van der Waals surface area contributed by atoms with Crippen LogP contribution in [0.15, 0.2) is 53.4 Å². The van der Waals surface area contributed by atoms with Crippen LogP contribution in [-0.2, 0) is 5.75 Å². The maximum Gasteiger partial charge on any atom is 0.0266 e. The van der Waals surface area contributed by atoms with Crippen LogP contribution in [0.25, 0.3) is 0 Å². The number of hydrogen-bond acceptors (Lipinski definition) is 2. The van der Waals surface area contributed by atoms with E-state index in [1.54, 1.807) is 0 Å². The Balaban J connectivity index is 2.00. The first-order valence-electron chi connectivity index (χ1n) is 6.19. The van der Waals surface area contributed by atoms with Crippen molar-refractivity contribution in [2.45, 2.75) is 30.5 Å². The molecule has 2 aromatic rings. The third-order valence-electron chi connectivity index (χ3n) is 3.06. The zero-order valence-corrected chi connectivity index (χ0v) is 11.7. The van der Waals surface area contributed by atoms with Crippen molar-refractivity contribution in [3.63, 3.8) is 0 Å². The van der Waals surface area contributed by atoms with Crippen LogP contribution >= 0.6 is 11.8 Å². The summed E-state index contributed by atoms with van der Waals surface area (Å²) >= 11 is 1.87. The van der Waals surface area contributed by atoms with E-state index < -0.39 is 0 Å². The van der Waals surface area contributed by atoms with Crippen molar-refractivity contribution in [3.05, 3.63) is 65.2 Å². The highest BCUT2D eigenvalue weighted by Gasteiger charge is 2.01. The molecule has 0 radical (unpaired) electrons. The van der Waals surface area contributed by atoms with E-state index in [1.165, 1.54) is 21.6 Å². The molecule has 18 heavy (non-hydrogen) atoms. The largest absolute Gasteiger partial charge is 0.324 e. The highest BCUT2D eigenvalue weighted by molar-refractivity contribution is 7.98. The van der Waals surface area contributed by atoms with Gasteiger partial charge < -0.3 is 5.73 Å². The molecule has 0 aliphatic carbocycles. The number of aryl methyl sites for hydroxylation is 1. The summed E-state index contributed by atoms with van der Waals surface area (Å²) in [5.41, 5.74) is 9.79. The Morgan fingerprint density at radius 3 is 2.33 bits per heavy atom. The minimum atomic E-state index is 0.111. The molecule has 0 bridgehead atoms. The van der Waals surface area contributed by atoms with Gasteiger partial charge in [-0.3, -0.25) is 0 Å². The molecule has 0 fully saturated rings. The molecule has 0 saturated heterocycles. The van der Waals surface area contributed by atoms with Gasteiger partial charge >= 0.3 is 0 Å². The van der Waals surface area contributed by atoms with Gasteiger partial charge in [0.25, 0.3) is 0 Å². The number of hydrogen-bond donors (Lipinski definition) is 1. The topological polar surface area (TPSA) is 26.0 Å². The lowest BCUT2D eigenvalue weighted by Gasteiger charge is -2.08. The maximum atomic E-state index is 5.84. The Hall–Kier alpha value is -1.25. The molecule has 0 unspecified atom stereocenters. The van der Waals surface area contributed by atoms with Gasteiger partial charge in [0.05, 0.1) is 0 Å². The summed E-state index contributed by atoms with van der Waals surface area (Å²) in [6.07, 6.45) is 0. The SMILES string of the molecule is Cc1ccccc1CSc1ccc([C@H](C)N)cc1. The zero-order valence-electron chi connectivity index (χ0n) is 10.9. The van der Waals surface area contributed by atoms with Gasteiger partial charge in [-0.2, -0.15) is 0 Å². The number of rotatable bonds is 4. The van der Waals surface area contributed by atoms with Crippen molar-refractivity contribution in [1.29, 1.82) is 0 Å². The predicted octanol–water partition coefficient (Wildman–Crippen LogP) is 4.31. The highest BCUT2D eigenvalue weighted by Crippen LogP contribution is 2.25. The average Bonchev–Trinajstić information content (AvgIpc) is 2.38. The van der Waals surface area contributed by atoms with Crippen LogP contribution in [0.5, 0.6) is 0 Å². The fraction of sp³-hybridized carbons (Fsp3) is 0.250. The highest BCUT2D eigenvalue weighted by atomic mass is 32.2. The van der Waals surface area contributed by atoms with Crippen LogP contribution in [0.1, 0.15) is 29.7 Å². The first-order chi connectivity index (χ1) is 8.66. The molecular formula is C16H19NS. The number of nitrogens with two attached hydrogens (primary N) is 1. The Labute approximate surface area is 113 Å². The normalized spacial score (nSPS) is 12.4. The van der Waals surface area contributed by atoms with Gasteiger partial charge in [-0.05, 0) is 42.7 Å². The van der Waals surface area contributed by atoms with Crippen LogP contribution in [0.2, 0.25) is 0 Å². The van der Waals surface area contributed by atoms with Crippen molar-refractivity contribution < 1.29 is 0 Å². The van der Waals surface area contributed by atoms with Crippen LogP contribution in [0.4, 0.5) is 0 Å². The first kappa shape index (κ1) is 13.2. The molecule has 0 amide bonds. The smallest absolute Gasteiger partial charge is 0.0266 e. The third kappa shape index (κ3) is 3.37. The van der Waals surface area contributed by atoms with Gasteiger partial charge in [0, 0.05) is 16.7 Å². The molecule has 1 nitrogen and oxygen atoms in total. The maximum absolute atomic E-state index is 5.84. The van der Waals surface area contributed by atoms with E-state index in [1.807, 2.05) is 18.7 Å². The second-order valence-electron chi connectivity index (χ2n) is 4.57.